The van der Waals surface area contributed by atoms with Gasteiger partial charge in [0, 0.05) is 24.2 Å². The summed E-state index contributed by atoms with van der Waals surface area (Å²) in [6.45, 7) is 5.30. The first-order chi connectivity index (χ1) is 7.72. The van der Waals surface area contributed by atoms with E-state index in [2.05, 4.69) is 24.1 Å². The van der Waals surface area contributed by atoms with Crippen molar-refractivity contribution in [1.82, 2.24) is 10.3 Å². The van der Waals surface area contributed by atoms with Crippen LogP contribution in [0.15, 0.2) is 6.20 Å². The van der Waals surface area contributed by atoms with Crippen molar-refractivity contribution in [2.24, 2.45) is 0 Å². The fourth-order valence-electron chi connectivity index (χ4n) is 2.11. The van der Waals surface area contributed by atoms with E-state index in [9.17, 15) is 0 Å². The van der Waals surface area contributed by atoms with Crippen molar-refractivity contribution in [1.29, 1.82) is 0 Å². The van der Waals surface area contributed by atoms with Crippen LogP contribution in [0.1, 0.15) is 49.0 Å². The van der Waals surface area contributed by atoms with Gasteiger partial charge in [-0.05, 0) is 32.7 Å². The Morgan fingerprint density at radius 2 is 2.38 bits per heavy atom. The van der Waals surface area contributed by atoms with Gasteiger partial charge in [-0.1, -0.05) is 6.92 Å². The highest BCUT2D eigenvalue weighted by Gasteiger charge is 2.41. The number of aromatic nitrogens is 1. The third-order valence-corrected chi connectivity index (χ3v) is 4.77. The zero-order valence-electron chi connectivity index (χ0n) is 10.2. The fraction of sp³-hybridized carbons (Fsp3) is 0.750. The summed E-state index contributed by atoms with van der Waals surface area (Å²) >= 11 is 1.79. The molecule has 0 aromatic carbocycles. The molecular weight excluding hydrogens is 220 g/mol. The molecule has 1 N–H and O–H groups in total. The molecule has 4 heteroatoms. The number of ether oxygens (including phenoxy) is 1. The predicted molar refractivity (Wildman–Crippen MR) is 66.7 cm³/mol. The maximum Gasteiger partial charge on any atom is 0.125 e. The number of nitrogens with zero attached hydrogens (tertiary/aromatic N) is 1. The van der Waals surface area contributed by atoms with E-state index >= 15 is 0 Å². The molecular formula is C12H20N2OS. The molecule has 1 aliphatic carbocycles. The monoisotopic (exact) mass is 240 g/mol. The predicted octanol–water partition coefficient (Wildman–Crippen LogP) is 2.84. The lowest BCUT2D eigenvalue weighted by atomic mass is 9.80. The average molecular weight is 240 g/mol. The first-order valence-corrected chi connectivity index (χ1v) is 6.78. The van der Waals surface area contributed by atoms with Crippen molar-refractivity contribution >= 4 is 11.3 Å². The van der Waals surface area contributed by atoms with Crippen LogP contribution in [0, 0.1) is 0 Å². The van der Waals surface area contributed by atoms with Gasteiger partial charge in [0.15, 0.2) is 0 Å². The van der Waals surface area contributed by atoms with Gasteiger partial charge in [-0.3, -0.25) is 0 Å². The van der Waals surface area contributed by atoms with Crippen LogP contribution in [0.25, 0.3) is 0 Å². The van der Waals surface area contributed by atoms with E-state index in [1.54, 1.807) is 18.4 Å². The highest BCUT2D eigenvalue weighted by Crippen LogP contribution is 2.46. The number of rotatable bonds is 5. The second-order valence-corrected chi connectivity index (χ2v) is 5.46. The third kappa shape index (κ3) is 2.01. The van der Waals surface area contributed by atoms with Crippen LogP contribution in [-0.4, -0.2) is 18.6 Å². The Morgan fingerprint density at radius 1 is 1.62 bits per heavy atom. The lowest BCUT2D eigenvalue weighted by Crippen LogP contribution is -2.35. The van der Waals surface area contributed by atoms with E-state index in [0.29, 0.717) is 6.04 Å². The SMILES string of the molecule is CCNC(C)c1cnc(C2(OC)CCC2)s1. The van der Waals surface area contributed by atoms with Crippen molar-refractivity contribution in [3.05, 3.63) is 16.1 Å². The van der Waals surface area contributed by atoms with Crippen LogP contribution in [-0.2, 0) is 10.3 Å². The largest absolute Gasteiger partial charge is 0.371 e. The first kappa shape index (κ1) is 12.0. The Morgan fingerprint density at radius 3 is 2.88 bits per heavy atom. The second-order valence-electron chi connectivity index (χ2n) is 4.40. The standard InChI is InChI=1S/C12H20N2OS/c1-4-13-9(2)10-8-14-11(16-10)12(15-3)6-5-7-12/h8-9,13H,4-7H2,1-3H3. The van der Waals surface area contributed by atoms with Crippen molar-refractivity contribution in [2.75, 3.05) is 13.7 Å². The minimum atomic E-state index is -0.0607. The average Bonchev–Trinajstić information content (AvgIpc) is 2.67. The molecule has 1 saturated carbocycles. The van der Waals surface area contributed by atoms with Gasteiger partial charge >= 0.3 is 0 Å². The number of methoxy groups -OCH3 is 1. The van der Waals surface area contributed by atoms with Crippen molar-refractivity contribution in [3.63, 3.8) is 0 Å². The summed E-state index contributed by atoms with van der Waals surface area (Å²) in [5.41, 5.74) is -0.0607. The van der Waals surface area contributed by atoms with Crippen LogP contribution in [0.2, 0.25) is 0 Å². The Labute approximate surface area is 101 Å². The zero-order valence-corrected chi connectivity index (χ0v) is 11.1. The lowest BCUT2D eigenvalue weighted by Gasteiger charge is -2.38. The Kier molecular flexibility index (Phi) is 3.62. The molecule has 3 nitrogen and oxygen atoms in total. The van der Waals surface area contributed by atoms with Crippen LogP contribution in [0.4, 0.5) is 0 Å². The van der Waals surface area contributed by atoms with Gasteiger partial charge in [-0.25, -0.2) is 4.98 Å². The maximum atomic E-state index is 5.64. The van der Waals surface area contributed by atoms with Gasteiger partial charge in [-0.2, -0.15) is 0 Å². The van der Waals surface area contributed by atoms with Gasteiger partial charge in [0.05, 0.1) is 0 Å². The van der Waals surface area contributed by atoms with Crippen molar-refractivity contribution < 1.29 is 4.74 Å². The summed E-state index contributed by atoms with van der Waals surface area (Å²) in [7, 11) is 1.80. The molecule has 1 aliphatic rings. The fourth-order valence-corrected chi connectivity index (χ4v) is 3.28. The van der Waals surface area contributed by atoms with E-state index in [0.717, 1.165) is 24.4 Å². The summed E-state index contributed by atoms with van der Waals surface area (Å²) in [4.78, 5) is 5.84. The molecule has 0 saturated heterocycles. The van der Waals surface area contributed by atoms with E-state index in [1.807, 2.05) is 6.20 Å². The van der Waals surface area contributed by atoms with Gasteiger partial charge in [0.25, 0.3) is 0 Å². The molecule has 1 aromatic heterocycles. The molecule has 1 heterocycles. The Balaban J connectivity index is 2.12. The zero-order chi connectivity index (χ0) is 11.6. The molecule has 0 amide bonds. The van der Waals surface area contributed by atoms with Gasteiger partial charge < -0.3 is 10.1 Å². The van der Waals surface area contributed by atoms with Crippen molar-refractivity contribution in [3.8, 4) is 0 Å². The van der Waals surface area contributed by atoms with E-state index in [1.165, 1.54) is 11.3 Å². The summed E-state index contributed by atoms with van der Waals surface area (Å²) in [6, 6.07) is 0.394. The van der Waals surface area contributed by atoms with E-state index in [-0.39, 0.29) is 5.60 Å². The quantitative estimate of drug-likeness (QED) is 0.859. The minimum absolute atomic E-state index is 0.0607. The van der Waals surface area contributed by atoms with Crippen LogP contribution in [0.5, 0.6) is 0 Å². The topological polar surface area (TPSA) is 34.2 Å². The summed E-state index contributed by atoms with van der Waals surface area (Å²) in [6.07, 6.45) is 5.48. The highest BCUT2D eigenvalue weighted by atomic mass is 32.1. The molecule has 90 valence electrons. The van der Waals surface area contributed by atoms with Gasteiger partial charge in [0.2, 0.25) is 0 Å². The first-order valence-electron chi connectivity index (χ1n) is 5.96. The van der Waals surface area contributed by atoms with E-state index < -0.39 is 0 Å². The highest BCUT2D eigenvalue weighted by molar-refractivity contribution is 7.11. The smallest absolute Gasteiger partial charge is 0.125 e. The third-order valence-electron chi connectivity index (χ3n) is 3.40. The van der Waals surface area contributed by atoms with Crippen LogP contribution in [0.3, 0.4) is 0 Å². The molecule has 1 unspecified atom stereocenters. The number of hydrogen-bond acceptors (Lipinski definition) is 4. The Bertz CT molecular complexity index is 341. The molecule has 1 atom stereocenters. The molecule has 0 bridgehead atoms. The molecule has 0 aliphatic heterocycles. The summed E-state index contributed by atoms with van der Waals surface area (Å²) in [5.74, 6) is 0. The Hall–Kier alpha value is -0.450. The number of thiazole rings is 1. The molecule has 2 rings (SSSR count). The number of hydrogen-bond donors (Lipinski definition) is 1. The minimum Gasteiger partial charge on any atom is -0.371 e. The second kappa shape index (κ2) is 4.82. The molecule has 1 aromatic rings. The van der Waals surface area contributed by atoms with E-state index in [4.69, 9.17) is 4.74 Å². The van der Waals surface area contributed by atoms with Gasteiger partial charge in [-0.15, -0.1) is 11.3 Å². The maximum absolute atomic E-state index is 5.64. The van der Waals surface area contributed by atoms with Crippen molar-refractivity contribution in [2.45, 2.75) is 44.8 Å². The van der Waals surface area contributed by atoms with Crippen LogP contribution < -0.4 is 5.32 Å². The van der Waals surface area contributed by atoms with Gasteiger partial charge in [0.1, 0.15) is 10.6 Å². The molecule has 16 heavy (non-hydrogen) atoms. The normalized spacial score (nSPS) is 20.4. The molecule has 1 fully saturated rings. The molecule has 0 spiro atoms. The summed E-state index contributed by atoms with van der Waals surface area (Å²) in [5, 5.41) is 4.56. The number of nitrogens with one attached hydrogen (secondary N) is 1. The van der Waals surface area contributed by atoms with Crippen LogP contribution >= 0.6 is 11.3 Å². The molecule has 0 radical (unpaired) electrons. The summed E-state index contributed by atoms with van der Waals surface area (Å²) < 4.78 is 5.64. The lowest BCUT2D eigenvalue weighted by molar-refractivity contribution is -0.0779.